The van der Waals surface area contributed by atoms with E-state index in [1.165, 1.54) is 0 Å². The highest BCUT2D eigenvalue weighted by atomic mass is 16.3. The van der Waals surface area contributed by atoms with Gasteiger partial charge < -0.3 is 15.3 Å². The Hall–Kier alpha value is -1.14. The van der Waals surface area contributed by atoms with Crippen LogP contribution >= 0.6 is 0 Å². The van der Waals surface area contributed by atoms with Gasteiger partial charge in [-0.3, -0.25) is 5.10 Å². The molecule has 18 heavy (non-hydrogen) atoms. The zero-order valence-electron chi connectivity index (χ0n) is 10.9. The average molecular weight is 251 g/mol. The van der Waals surface area contributed by atoms with E-state index in [9.17, 15) is 5.11 Å². The van der Waals surface area contributed by atoms with Gasteiger partial charge >= 0.3 is 0 Å². The smallest absolute Gasteiger partial charge is 0.244 e. The van der Waals surface area contributed by atoms with Crippen molar-refractivity contribution < 1.29 is 5.11 Å². The highest BCUT2D eigenvalue weighted by molar-refractivity contribution is 5.31. The van der Waals surface area contributed by atoms with Crippen LogP contribution in [0.25, 0.3) is 0 Å². The van der Waals surface area contributed by atoms with E-state index in [4.69, 9.17) is 0 Å². The number of aromatic amines is 1. The maximum atomic E-state index is 9.32. The fourth-order valence-electron chi connectivity index (χ4n) is 2.89. The Balaban J connectivity index is 1.69. The first-order valence-electron chi connectivity index (χ1n) is 6.73. The number of hydrogen-bond acceptors (Lipinski definition) is 5. The minimum atomic E-state index is -0.150. The minimum Gasteiger partial charge on any atom is -0.393 e. The van der Waals surface area contributed by atoms with Gasteiger partial charge in [-0.1, -0.05) is 0 Å². The van der Waals surface area contributed by atoms with Crippen molar-refractivity contribution in [3.8, 4) is 0 Å². The lowest BCUT2D eigenvalue weighted by molar-refractivity contribution is 0.0718. The summed E-state index contributed by atoms with van der Waals surface area (Å²) in [4.78, 5) is 6.80. The number of nitrogens with one attached hydrogen (secondary N) is 2. The van der Waals surface area contributed by atoms with Crippen LogP contribution in [-0.4, -0.2) is 51.6 Å². The van der Waals surface area contributed by atoms with Crippen molar-refractivity contribution in [3.63, 3.8) is 0 Å². The van der Waals surface area contributed by atoms with Gasteiger partial charge in [0, 0.05) is 31.1 Å². The fraction of sp³-hybridized carbons (Fsp3) is 0.833. The highest BCUT2D eigenvalue weighted by Gasteiger charge is 2.32. The van der Waals surface area contributed by atoms with Crippen molar-refractivity contribution in [1.82, 2.24) is 20.5 Å². The Morgan fingerprint density at radius 2 is 1.89 bits per heavy atom. The summed E-state index contributed by atoms with van der Waals surface area (Å²) in [7, 11) is 0. The number of H-pyrrole nitrogens is 1. The van der Waals surface area contributed by atoms with Crippen LogP contribution in [0.5, 0.6) is 0 Å². The molecular weight excluding hydrogens is 230 g/mol. The molecule has 0 aromatic carbocycles. The lowest BCUT2D eigenvalue weighted by Crippen LogP contribution is -2.54. The van der Waals surface area contributed by atoms with E-state index in [1.54, 1.807) is 0 Å². The second-order valence-corrected chi connectivity index (χ2v) is 5.72. The van der Waals surface area contributed by atoms with Crippen molar-refractivity contribution in [2.75, 3.05) is 18.0 Å². The fourth-order valence-corrected chi connectivity index (χ4v) is 2.89. The Kier molecular flexibility index (Phi) is 2.99. The van der Waals surface area contributed by atoms with Gasteiger partial charge in [0.2, 0.25) is 5.95 Å². The molecule has 2 heterocycles. The topological polar surface area (TPSA) is 77.1 Å². The molecule has 0 bridgehead atoms. The quantitative estimate of drug-likeness (QED) is 0.701. The van der Waals surface area contributed by atoms with Crippen LogP contribution in [0.4, 0.5) is 5.95 Å². The average Bonchev–Trinajstić information content (AvgIpc) is 2.72. The van der Waals surface area contributed by atoms with E-state index in [2.05, 4.69) is 39.2 Å². The molecule has 0 amide bonds. The van der Waals surface area contributed by atoms with Gasteiger partial charge in [-0.25, -0.2) is 0 Å². The molecule has 2 fully saturated rings. The van der Waals surface area contributed by atoms with Crippen LogP contribution in [0.3, 0.4) is 0 Å². The van der Waals surface area contributed by atoms with Gasteiger partial charge in [0.05, 0.1) is 6.10 Å². The summed E-state index contributed by atoms with van der Waals surface area (Å²) in [6, 6.07) is 0.919. The highest BCUT2D eigenvalue weighted by Crippen LogP contribution is 2.35. The molecule has 1 saturated heterocycles. The lowest BCUT2D eigenvalue weighted by Gasteiger charge is -2.35. The minimum absolute atomic E-state index is 0.150. The number of rotatable bonds is 2. The number of piperazine rings is 1. The molecule has 100 valence electrons. The van der Waals surface area contributed by atoms with Crippen molar-refractivity contribution in [1.29, 1.82) is 0 Å². The standard InChI is InChI=1S/C12H21N5O/c1-7-5-17(6-8(2)13-7)12-14-11(15-16-12)9-3-10(18)4-9/h7-10,13,18H,3-6H2,1-2H3,(H,14,15,16). The third kappa shape index (κ3) is 2.22. The number of aromatic nitrogens is 3. The van der Waals surface area contributed by atoms with E-state index in [-0.39, 0.29) is 6.10 Å². The van der Waals surface area contributed by atoms with E-state index in [0.717, 1.165) is 37.7 Å². The summed E-state index contributed by atoms with van der Waals surface area (Å²) < 4.78 is 0. The number of anilines is 1. The molecule has 2 atom stereocenters. The molecular formula is C12H21N5O. The van der Waals surface area contributed by atoms with E-state index in [0.29, 0.717) is 18.0 Å². The molecule has 3 rings (SSSR count). The normalized spacial score (nSPS) is 36.5. The number of hydrogen-bond donors (Lipinski definition) is 3. The van der Waals surface area contributed by atoms with E-state index < -0.39 is 0 Å². The van der Waals surface area contributed by atoms with Gasteiger partial charge in [-0.05, 0) is 26.7 Å². The predicted octanol–water partition coefficient (Wildman–Crippen LogP) is 0.230. The van der Waals surface area contributed by atoms with Gasteiger partial charge in [0.1, 0.15) is 5.82 Å². The maximum Gasteiger partial charge on any atom is 0.244 e. The molecule has 1 aromatic rings. The molecule has 1 aliphatic carbocycles. The Labute approximate surface area is 107 Å². The number of nitrogens with zero attached hydrogens (tertiary/aromatic N) is 3. The molecule has 1 saturated carbocycles. The monoisotopic (exact) mass is 251 g/mol. The van der Waals surface area contributed by atoms with Crippen LogP contribution in [0, 0.1) is 0 Å². The van der Waals surface area contributed by atoms with Crippen LogP contribution in [0.2, 0.25) is 0 Å². The number of aliphatic hydroxyl groups excluding tert-OH is 1. The summed E-state index contributed by atoms with van der Waals surface area (Å²) in [5, 5.41) is 20.2. The number of aliphatic hydroxyl groups is 1. The summed E-state index contributed by atoms with van der Waals surface area (Å²) in [5.41, 5.74) is 0. The summed E-state index contributed by atoms with van der Waals surface area (Å²) in [5.74, 6) is 2.08. The molecule has 1 aromatic heterocycles. The van der Waals surface area contributed by atoms with Crippen LogP contribution in [-0.2, 0) is 0 Å². The Morgan fingerprint density at radius 3 is 2.50 bits per heavy atom. The van der Waals surface area contributed by atoms with E-state index >= 15 is 0 Å². The Morgan fingerprint density at radius 1 is 1.22 bits per heavy atom. The van der Waals surface area contributed by atoms with Crippen molar-refractivity contribution in [2.24, 2.45) is 0 Å². The second kappa shape index (κ2) is 4.51. The molecule has 3 N–H and O–H groups in total. The summed E-state index contributed by atoms with van der Waals surface area (Å²) in [6.45, 7) is 6.24. The SMILES string of the molecule is CC1CN(c2n[nH]c(C3CC(O)C3)n2)CC(C)N1. The molecule has 2 aliphatic rings. The molecule has 6 heteroatoms. The molecule has 6 nitrogen and oxygen atoms in total. The van der Waals surface area contributed by atoms with Crippen molar-refractivity contribution in [3.05, 3.63) is 5.82 Å². The molecule has 0 spiro atoms. The van der Waals surface area contributed by atoms with Crippen molar-refractivity contribution >= 4 is 5.95 Å². The van der Waals surface area contributed by atoms with E-state index in [1.807, 2.05) is 0 Å². The second-order valence-electron chi connectivity index (χ2n) is 5.72. The first kappa shape index (κ1) is 11.9. The maximum absolute atomic E-state index is 9.32. The molecule has 0 radical (unpaired) electrons. The third-order valence-corrected chi connectivity index (χ3v) is 3.83. The summed E-state index contributed by atoms with van der Waals surface area (Å²) in [6.07, 6.45) is 1.47. The van der Waals surface area contributed by atoms with Gasteiger partial charge in [-0.15, -0.1) is 5.10 Å². The molecule has 2 unspecified atom stereocenters. The Bertz CT molecular complexity index is 404. The summed E-state index contributed by atoms with van der Waals surface area (Å²) >= 11 is 0. The van der Waals surface area contributed by atoms with Crippen LogP contribution in [0.15, 0.2) is 0 Å². The predicted molar refractivity (Wildman–Crippen MR) is 68.6 cm³/mol. The van der Waals surface area contributed by atoms with Crippen LogP contribution in [0.1, 0.15) is 38.4 Å². The molecule has 1 aliphatic heterocycles. The lowest BCUT2D eigenvalue weighted by atomic mass is 9.82. The third-order valence-electron chi connectivity index (χ3n) is 3.83. The van der Waals surface area contributed by atoms with Crippen LogP contribution < -0.4 is 10.2 Å². The first-order chi connectivity index (χ1) is 8.61. The zero-order valence-corrected chi connectivity index (χ0v) is 10.9. The van der Waals surface area contributed by atoms with Crippen molar-refractivity contribution in [2.45, 2.75) is 50.8 Å². The van der Waals surface area contributed by atoms with Gasteiger partial charge in [-0.2, -0.15) is 4.98 Å². The van der Waals surface area contributed by atoms with Gasteiger partial charge in [0.25, 0.3) is 0 Å². The zero-order chi connectivity index (χ0) is 12.7. The first-order valence-corrected chi connectivity index (χ1v) is 6.73. The van der Waals surface area contributed by atoms with Gasteiger partial charge in [0.15, 0.2) is 0 Å². The largest absolute Gasteiger partial charge is 0.393 e.